The first kappa shape index (κ1) is 16.7. The molecular weight excluding hydrogens is 274 g/mol. The van der Waals surface area contributed by atoms with Crippen molar-refractivity contribution in [3.8, 4) is 0 Å². The van der Waals surface area contributed by atoms with Gasteiger partial charge in [0.1, 0.15) is 0 Å². The monoisotopic (exact) mass is 297 g/mol. The van der Waals surface area contributed by atoms with Crippen molar-refractivity contribution in [1.29, 1.82) is 0 Å². The number of halogens is 1. The van der Waals surface area contributed by atoms with Crippen LogP contribution in [0.3, 0.4) is 0 Å². The summed E-state index contributed by atoms with van der Waals surface area (Å²) in [4.78, 5) is 0. The maximum absolute atomic E-state index is 4.54. The van der Waals surface area contributed by atoms with Gasteiger partial charge in [0.2, 0.25) is 0 Å². The molecule has 6 heteroatoms. The molecule has 112 valence electrons. The van der Waals surface area contributed by atoms with Crippen molar-refractivity contribution >= 4 is 12.4 Å². The van der Waals surface area contributed by atoms with Crippen LogP contribution >= 0.6 is 12.4 Å². The third-order valence-corrected chi connectivity index (χ3v) is 3.21. The normalized spacial score (nSPS) is 10.8. The lowest BCUT2D eigenvalue weighted by Gasteiger charge is -2.04. The van der Waals surface area contributed by atoms with Crippen LogP contribution in [0, 0.1) is 12.8 Å². The Kier molecular flexibility index (Phi) is 6.23. The van der Waals surface area contributed by atoms with E-state index in [4.69, 9.17) is 0 Å². The smallest absolute Gasteiger partial charge is 0.0762 e. The zero-order valence-electron chi connectivity index (χ0n) is 12.6. The summed E-state index contributed by atoms with van der Waals surface area (Å²) in [6.07, 6.45) is 3.96. The Hall–Kier alpha value is -1.33. The standard InChI is InChI=1S/C14H23N5.ClH/c1-11(2)10-19-6-5-14(17-19)9-15-7-13-8-16-18(4)12(13)3;/h5-6,8,11,15H,7,9-10H2,1-4H3;1H. The van der Waals surface area contributed by atoms with Gasteiger partial charge in [-0.15, -0.1) is 12.4 Å². The van der Waals surface area contributed by atoms with Crippen molar-refractivity contribution in [3.05, 3.63) is 35.4 Å². The molecule has 1 N–H and O–H groups in total. The number of hydrogen-bond donors (Lipinski definition) is 1. The number of aromatic nitrogens is 4. The molecule has 0 atom stereocenters. The van der Waals surface area contributed by atoms with Gasteiger partial charge in [-0.3, -0.25) is 9.36 Å². The zero-order valence-corrected chi connectivity index (χ0v) is 13.4. The van der Waals surface area contributed by atoms with Crippen molar-refractivity contribution in [1.82, 2.24) is 24.9 Å². The van der Waals surface area contributed by atoms with Crippen molar-refractivity contribution in [2.45, 2.75) is 40.4 Å². The van der Waals surface area contributed by atoms with Crippen LogP contribution in [0.5, 0.6) is 0 Å². The second-order valence-corrected chi connectivity index (χ2v) is 5.41. The molecule has 2 aromatic rings. The minimum Gasteiger partial charge on any atom is -0.307 e. The van der Waals surface area contributed by atoms with E-state index in [0.717, 1.165) is 25.3 Å². The fraction of sp³-hybridized carbons (Fsp3) is 0.571. The average Bonchev–Trinajstić information content (AvgIpc) is 2.90. The van der Waals surface area contributed by atoms with E-state index in [9.17, 15) is 0 Å². The predicted molar refractivity (Wildman–Crippen MR) is 82.8 cm³/mol. The minimum atomic E-state index is 0. The van der Waals surface area contributed by atoms with Gasteiger partial charge in [-0.05, 0) is 18.9 Å². The highest BCUT2D eigenvalue weighted by atomic mass is 35.5. The lowest BCUT2D eigenvalue weighted by molar-refractivity contribution is 0.477. The molecule has 0 aliphatic heterocycles. The predicted octanol–water partition coefficient (Wildman–Crippen LogP) is 2.29. The molecule has 2 rings (SSSR count). The second kappa shape index (κ2) is 7.45. The average molecular weight is 298 g/mol. The maximum Gasteiger partial charge on any atom is 0.0762 e. The third-order valence-electron chi connectivity index (χ3n) is 3.21. The molecule has 20 heavy (non-hydrogen) atoms. The van der Waals surface area contributed by atoms with E-state index in [1.165, 1.54) is 11.3 Å². The highest BCUT2D eigenvalue weighted by molar-refractivity contribution is 5.85. The highest BCUT2D eigenvalue weighted by Gasteiger charge is 2.04. The molecule has 0 saturated heterocycles. The molecule has 0 saturated carbocycles. The Morgan fingerprint density at radius 2 is 2.05 bits per heavy atom. The first-order valence-electron chi connectivity index (χ1n) is 6.76. The Morgan fingerprint density at radius 3 is 2.65 bits per heavy atom. The van der Waals surface area contributed by atoms with E-state index in [2.05, 4.69) is 42.4 Å². The van der Waals surface area contributed by atoms with Gasteiger partial charge in [0.15, 0.2) is 0 Å². The summed E-state index contributed by atoms with van der Waals surface area (Å²) in [7, 11) is 1.96. The summed E-state index contributed by atoms with van der Waals surface area (Å²) in [6.45, 7) is 9.08. The summed E-state index contributed by atoms with van der Waals surface area (Å²) >= 11 is 0. The van der Waals surface area contributed by atoms with Crippen LogP contribution in [-0.4, -0.2) is 19.6 Å². The van der Waals surface area contributed by atoms with Gasteiger partial charge in [-0.1, -0.05) is 13.8 Å². The van der Waals surface area contributed by atoms with Crippen LogP contribution in [0.15, 0.2) is 18.5 Å². The lowest BCUT2D eigenvalue weighted by atomic mass is 10.2. The summed E-state index contributed by atoms with van der Waals surface area (Å²) < 4.78 is 3.91. The first-order valence-corrected chi connectivity index (χ1v) is 6.76. The summed E-state index contributed by atoms with van der Waals surface area (Å²) in [5.41, 5.74) is 3.53. The van der Waals surface area contributed by atoms with Gasteiger partial charge in [0, 0.05) is 44.1 Å². The van der Waals surface area contributed by atoms with Gasteiger partial charge in [0.25, 0.3) is 0 Å². The van der Waals surface area contributed by atoms with E-state index >= 15 is 0 Å². The Labute approximate surface area is 126 Å². The molecule has 2 aromatic heterocycles. The van der Waals surface area contributed by atoms with Gasteiger partial charge >= 0.3 is 0 Å². The minimum absolute atomic E-state index is 0. The summed E-state index contributed by atoms with van der Waals surface area (Å²) in [5.74, 6) is 0.624. The molecule has 0 radical (unpaired) electrons. The second-order valence-electron chi connectivity index (χ2n) is 5.41. The van der Waals surface area contributed by atoms with Gasteiger partial charge in [0.05, 0.1) is 11.9 Å². The Bertz CT molecular complexity index is 529. The lowest BCUT2D eigenvalue weighted by Crippen LogP contribution is -2.14. The largest absolute Gasteiger partial charge is 0.307 e. The number of hydrogen-bond acceptors (Lipinski definition) is 3. The van der Waals surface area contributed by atoms with Crippen LogP contribution in [0.1, 0.15) is 30.8 Å². The van der Waals surface area contributed by atoms with Gasteiger partial charge in [-0.2, -0.15) is 10.2 Å². The van der Waals surface area contributed by atoms with Crippen LogP contribution < -0.4 is 5.32 Å². The molecule has 0 amide bonds. The molecule has 2 heterocycles. The SMILES string of the molecule is Cc1c(CNCc2ccn(CC(C)C)n2)cnn1C.Cl. The molecule has 5 nitrogen and oxygen atoms in total. The van der Waals surface area contributed by atoms with Gasteiger partial charge < -0.3 is 5.32 Å². The summed E-state index contributed by atoms with van der Waals surface area (Å²) in [5, 5.41) is 12.2. The zero-order chi connectivity index (χ0) is 13.8. The summed E-state index contributed by atoms with van der Waals surface area (Å²) in [6, 6.07) is 2.07. The number of aryl methyl sites for hydroxylation is 1. The third kappa shape index (κ3) is 4.35. The topological polar surface area (TPSA) is 47.7 Å². The van der Waals surface area contributed by atoms with Crippen molar-refractivity contribution in [2.75, 3.05) is 0 Å². The van der Waals surface area contributed by atoms with E-state index in [1.807, 2.05) is 28.8 Å². The molecule has 0 aromatic carbocycles. The Morgan fingerprint density at radius 1 is 1.30 bits per heavy atom. The number of nitrogens with one attached hydrogen (secondary N) is 1. The van der Waals surface area contributed by atoms with Crippen molar-refractivity contribution in [2.24, 2.45) is 13.0 Å². The van der Waals surface area contributed by atoms with Crippen LogP contribution in [-0.2, 0) is 26.7 Å². The van der Waals surface area contributed by atoms with E-state index < -0.39 is 0 Å². The fourth-order valence-electron chi connectivity index (χ4n) is 2.02. The van der Waals surface area contributed by atoms with Crippen molar-refractivity contribution < 1.29 is 0 Å². The van der Waals surface area contributed by atoms with Crippen LogP contribution in [0.2, 0.25) is 0 Å². The molecule has 0 fully saturated rings. The molecule has 0 spiro atoms. The van der Waals surface area contributed by atoms with Crippen LogP contribution in [0.4, 0.5) is 0 Å². The quantitative estimate of drug-likeness (QED) is 0.890. The van der Waals surface area contributed by atoms with E-state index in [-0.39, 0.29) is 12.4 Å². The molecule has 0 aliphatic carbocycles. The van der Waals surface area contributed by atoms with Crippen LogP contribution in [0.25, 0.3) is 0 Å². The molecule has 0 bridgehead atoms. The van der Waals surface area contributed by atoms with E-state index in [0.29, 0.717) is 5.92 Å². The highest BCUT2D eigenvalue weighted by Crippen LogP contribution is 2.05. The van der Waals surface area contributed by atoms with Gasteiger partial charge in [-0.25, -0.2) is 0 Å². The maximum atomic E-state index is 4.54. The van der Waals surface area contributed by atoms with E-state index in [1.54, 1.807) is 0 Å². The Balaban J connectivity index is 0.00000200. The van der Waals surface area contributed by atoms with Crippen molar-refractivity contribution in [3.63, 3.8) is 0 Å². The number of rotatable bonds is 6. The molecular formula is C14H24ClN5. The fourth-order valence-corrected chi connectivity index (χ4v) is 2.02. The molecule has 0 aliphatic rings. The number of nitrogens with zero attached hydrogens (tertiary/aromatic N) is 4. The molecule has 0 unspecified atom stereocenters. The first-order chi connectivity index (χ1) is 9.06.